The lowest BCUT2D eigenvalue weighted by atomic mass is 10.1. The first-order valence-corrected chi connectivity index (χ1v) is 7.63. The summed E-state index contributed by atoms with van der Waals surface area (Å²) < 4.78 is 0. The van der Waals surface area contributed by atoms with Gasteiger partial charge in [-0.15, -0.1) is 0 Å². The van der Waals surface area contributed by atoms with Crippen molar-refractivity contribution in [2.24, 2.45) is 0 Å². The Balaban J connectivity index is 2.00. The van der Waals surface area contributed by atoms with Gasteiger partial charge in [0.1, 0.15) is 0 Å². The van der Waals surface area contributed by atoms with Gasteiger partial charge in [0.15, 0.2) is 5.52 Å². The van der Waals surface area contributed by atoms with E-state index in [4.69, 9.17) is 0 Å². The van der Waals surface area contributed by atoms with E-state index in [1.54, 1.807) is 24.7 Å². The van der Waals surface area contributed by atoms with Crippen molar-refractivity contribution in [3.8, 4) is 0 Å². The van der Waals surface area contributed by atoms with E-state index in [1.807, 2.05) is 20.2 Å². The average molecular weight is 326 g/mol. The van der Waals surface area contributed by atoms with Gasteiger partial charge >= 0.3 is 5.69 Å². The smallest absolute Gasteiger partial charge is 0.303 e. The first-order chi connectivity index (χ1) is 11.6. The monoisotopic (exact) mass is 326 g/mol. The number of hydrogen-bond donors (Lipinski definition) is 1. The predicted octanol–water partition coefficient (Wildman–Crippen LogP) is 2.45. The minimum atomic E-state index is -0.395. The van der Waals surface area contributed by atoms with Gasteiger partial charge in [-0.25, -0.2) is 9.97 Å². The summed E-state index contributed by atoms with van der Waals surface area (Å²) in [6.07, 6.45) is 5.69. The maximum Gasteiger partial charge on any atom is 0.303 e. The molecule has 0 fully saturated rings. The van der Waals surface area contributed by atoms with Crippen LogP contribution in [0.5, 0.6) is 0 Å². The first kappa shape index (κ1) is 16.0. The Morgan fingerprint density at radius 1 is 1.29 bits per heavy atom. The second-order valence-corrected chi connectivity index (χ2v) is 5.79. The highest BCUT2D eigenvalue weighted by molar-refractivity contribution is 6.06. The molecule has 0 saturated carbocycles. The maximum absolute atomic E-state index is 11.6. The van der Waals surface area contributed by atoms with Gasteiger partial charge in [0.05, 0.1) is 10.3 Å². The molecule has 3 aromatic rings. The van der Waals surface area contributed by atoms with Crippen molar-refractivity contribution < 1.29 is 4.92 Å². The summed E-state index contributed by atoms with van der Waals surface area (Å²) in [4.78, 5) is 25.9. The molecule has 8 heteroatoms. The Hall–Kier alpha value is -2.87. The largest absolute Gasteiger partial charge is 0.354 e. The molecule has 3 rings (SSSR count). The fraction of sp³-hybridized carbons (Fsp3) is 0.312. The van der Waals surface area contributed by atoms with Gasteiger partial charge in [-0.1, -0.05) is 0 Å². The molecule has 0 aliphatic rings. The molecule has 124 valence electrons. The first-order valence-electron chi connectivity index (χ1n) is 7.63. The predicted molar refractivity (Wildman–Crippen MR) is 93.2 cm³/mol. The van der Waals surface area contributed by atoms with Crippen LogP contribution in [0.4, 0.5) is 11.6 Å². The zero-order valence-corrected chi connectivity index (χ0v) is 13.6. The topological polar surface area (TPSA) is 97.1 Å². The molecule has 0 saturated heterocycles. The number of pyridine rings is 1. The molecule has 1 aromatic carbocycles. The van der Waals surface area contributed by atoms with Crippen molar-refractivity contribution in [2.75, 3.05) is 32.5 Å². The number of nitrogens with one attached hydrogen (secondary N) is 1. The van der Waals surface area contributed by atoms with E-state index in [0.717, 1.165) is 13.0 Å². The van der Waals surface area contributed by atoms with Crippen LogP contribution in [0, 0.1) is 10.1 Å². The molecule has 0 aliphatic carbocycles. The Morgan fingerprint density at radius 3 is 2.88 bits per heavy atom. The molecule has 0 aliphatic heterocycles. The normalized spacial score (nSPS) is 11.3. The molecule has 1 N–H and O–H groups in total. The van der Waals surface area contributed by atoms with Crippen LogP contribution in [0.15, 0.2) is 30.7 Å². The van der Waals surface area contributed by atoms with Crippen molar-refractivity contribution in [2.45, 2.75) is 6.42 Å². The Kier molecular flexibility index (Phi) is 4.48. The summed E-state index contributed by atoms with van der Waals surface area (Å²) in [6, 6.07) is 3.46. The zero-order valence-electron chi connectivity index (χ0n) is 13.6. The minimum Gasteiger partial charge on any atom is -0.354 e. The third-order valence-electron chi connectivity index (χ3n) is 3.71. The molecule has 0 spiro atoms. The number of nitro groups is 1. The highest BCUT2D eigenvalue weighted by Gasteiger charge is 2.19. The third kappa shape index (κ3) is 3.23. The lowest BCUT2D eigenvalue weighted by Crippen LogP contribution is -2.17. The van der Waals surface area contributed by atoms with Crippen LogP contribution in [0.3, 0.4) is 0 Å². The molecular formula is C16H18N6O2. The van der Waals surface area contributed by atoms with E-state index in [-0.39, 0.29) is 5.69 Å². The van der Waals surface area contributed by atoms with E-state index in [0.29, 0.717) is 34.2 Å². The second kappa shape index (κ2) is 6.71. The molecule has 8 nitrogen and oxygen atoms in total. The van der Waals surface area contributed by atoms with E-state index in [2.05, 4.69) is 25.2 Å². The van der Waals surface area contributed by atoms with Gasteiger partial charge in [0.25, 0.3) is 0 Å². The summed E-state index contributed by atoms with van der Waals surface area (Å²) in [5, 5.41) is 16.6. The number of nitrogens with zero attached hydrogens (tertiary/aromatic N) is 5. The summed E-state index contributed by atoms with van der Waals surface area (Å²) in [7, 11) is 4.02. The van der Waals surface area contributed by atoms with Gasteiger partial charge < -0.3 is 10.2 Å². The van der Waals surface area contributed by atoms with E-state index < -0.39 is 4.92 Å². The lowest BCUT2D eigenvalue weighted by Gasteiger charge is -2.10. The van der Waals surface area contributed by atoms with Crippen LogP contribution in [0.2, 0.25) is 0 Å². The Labute approximate surface area is 138 Å². The standard InChI is InChI=1S/C16H18N6O2/c1-21(2)7-3-5-18-16-19-10-12-8-11-9-17-6-4-13(11)15(22(23)24)14(12)20-16/h4,6,8-10H,3,5,7H2,1-2H3,(H,18,19,20). The minimum absolute atomic E-state index is 0.0105. The number of hydrogen-bond acceptors (Lipinski definition) is 7. The lowest BCUT2D eigenvalue weighted by molar-refractivity contribution is -0.381. The quantitative estimate of drug-likeness (QED) is 0.321. The van der Waals surface area contributed by atoms with Gasteiger partial charge in [0.2, 0.25) is 5.95 Å². The third-order valence-corrected chi connectivity index (χ3v) is 3.71. The van der Waals surface area contributed by atoms with E-state index in [9.17, 15) is 10.1 Å². The number of aromatic nitrogens is 3. The SMILES string of the molecule is CN(C)CCCNc1ncc2cc3cnccc3c([N+](=O)[O-])c2n1. The highest BCUT2D eigenvalue weighted by Crippen LogP contribution is 2.32. The van der Waals surface area contributed by atoms with Gasteiger partial charge in [-0.3, -0.25) is 15.1 Å². The van der Waals surface area contributed by atoms with Crippen LogP contribution >= 0.6 is 0 Å². The number of rotatable bonds is 6. The number of benzene rings is 1. The molecule has 0 atom stereocenters. The molecule has 0 unspecified atom stereocenters. The van der Waals surface area contributed by atoms with Gasteiger partial charge in [-0.2, -0.15) is 0 Å². The molecule has 2 aromatic heterocycles. The van der Waals surface area contributed by atoms with E-state index >= 15 is 0 Å². The fourth-order valence-corrected chi connectivity index (χ4v) is 2.58. The Morgan fingerprint density at radius 2 is 2.12 bits per heavy atom. The number of fused-ring (bicyclic) bond motifs is 2. The molecule has 0 amide bonds. The van der Waals surface area contributed by atoms with Crippen molar-refractivity contribution >= 4 is 33.3 Å². The number of non-ortho nitro benzene ring substituents is 1. The molecule has 0 bridgehead atoms. The van der Waals surface area contributed by atoms with Crippen molar-refractivity contribution in [1.82, 2.24) is 19.9 Å². The second-order valence-electron chi connectivity index (χ2n) is 5.79. The molecule has 2 heterocycles. The van der Waals surface area contributed by atoms with Crippen molar-refractivity contribution in [3.63, 3.8) is 0 Å². The number of anilines is 1. The summed E-state index contributed by atoms with van der Waals surface area (Å²) in [5.74, 6) is 0.401. The fourth-order valence-electron chi connectivity index (χ4n) is 2.58. The van der Waals surface area contributed by atoms with Crippen LogP contribution in [-0.4, -0.2) is 52.0 Å². The molecule has 24 heavy (non-hydrogen) atoms. The van der Waals surface area contributed by atoms with Gasteiger partial charge in [-0.05, 0) is 39.2 Å². The van der Waals surface area contributed by atoms with Gasteiger partial charge in [0, 0.05) is 35.9 Å². The molecule has 0 radical (unpaired) electrons. The summed E-state index contributed by atoms with van der Waals surface area (Å²) in [5.41, 5.74) is 0.326. The van der Waals surface area contributed by atoms with Crippen molar-refractivity contribution in [3.05, 3.63) is 40.8 Å². The number of nitro benzene ring substituents is 1. The zero-order chi connectivity index (χ0) is 17.1. The highest BCUT2D eigenvalue weighted by atomic mass is 16.6. The molecular weight excluding hydrogens is 308 g/mol. The van der Waals surface area contributed by atoms with Crippen LogP contribution in [-0.2, 0) is 0 Å². The average Bonchev–Trinajstić information content (AvgIpc) is 2.56. The van der Waals surface area contributed by atoms with Crippen molar-refractivity contribution in [1.29, 1.82) is 0 Å². The Bertz CT molecular complexity index is 896. The van der Waals surface area contributed by atoms with E-state index in [1.165, 1.54) is 0 Å². The van der Waals surface area contributed by atoms with Crippen LogP contribution in [0.1, 0.15) is 6.42 Å². The van der Waals surface area contributed by atoms with Crippen LogP contribution in [0.25, 0.3) is 21.7 Å². The maximum atomic E-state index is 11.6. The summed E-state index contributed by atoms with van der Waals surface area (Å²) in [6.45, 7) is 1.65. The van der Waals surface area contributed by atoms with Crippen LogP contribution < -0.4 is 5.32 Å². The summed E-state index contributed by atoms with van der Waals surface area (Å²) >= 11 is 0.